The van der Waals surface area contributed by atoms with Crippen LogP contribution in [0.5, 0.6) is 5.75 Å². The van der Waals surface area contributed by atoms with Crippen molar-refractivity contribution in [2.45, 2.75) is 20.3 Å². The predicted molar refractivity (Wildman–Crippen MR) is 125 cm³/mol. The van der Waals surface area contributed by atoms with Crippen LogP contribution < -0.4 is 15.8 Å². The summed E-state index contributed by atoms with van der Waals surface area (Å²) in [6, 6.07) is 3.01. The number of amides is 2. The molecule has 10 heteroatoms. The van der Waals surface area contributed by atoms with E-state index in [1.165, 1.54) is 19.2 Å². The Balaban J connectivity index is 0.00000480. The molecular formula is C21H34Cl2N4O4. The molecule has 2 rings (SSSR count). The molecule has 8 nitrogen and oxygen atoms in total. The van der Waals surface area contributed by atoms with Crippen LogP contribution in [0.1, 0.15) is 30.6 Å². The highest BCUT2D eigenvalue weighted by atomic mass is 35.5. The lowest BCUT2D eigenvalue weighted by Crippen LogP contribution is -2.44. The Kier molecular flexibility index (Phi) is 12.0. The molecule has 31 heavy (non-hydrogen) atoms. The summed E-state index contributed by atoms with van der Waals surface area (Å²) in [7, 11) is 1.47. The monoisotopic (exact) mass is 476 g/mol. The highest BCUT2D eigenvalue weighted by molar-refractivity contribution is 6.33. The summed E-state index contributed by atoms with van der Waals surface area (Å²) < 4.78 is 10.7. The lowest BCUT2D eigenvalue weighted by molar-refractivity contribution is -0.135. The number of ether oxygens (including phenoxy) is 2. The van der Waals surface area contributed by atoms with Gasteiger partial charge in [-0.2, -0.15) is 0 Å². The molecule has 0 radical (unpaired) electrons. The normalized spacial score (nSPS) is 15.0. The summed E-state index contributed by atoms with van der Waals surface area (Å²) in [4.78, 5) is 29.9. The van der Waals surface area contributed by atoms with Gasteiger partial charge in [-0.15, -0.1) is 12.4 Å². The average molecular weight is 477 g/mol. The number of benzene rings is 1. The number of nitrogens with zero attached hydrogens (tertiary/aromatic N) is 2. The minimum Gasteiger partial charge on any atom is -0.496 e. The molecule has 1 aliphatic rings. The standard InChI is InChI=1S/C21H33ClN4O4.ClH/c1-4-26(5-2)21(28)15(6-7-25-8-10-30-11-9-25)14-24-20(27)16-12-17(22)18(23)13-19(16)29-3;/h12-13,15H,4-11,14,23H2,1-3H3,(H,24,27);1H. The van der Waals surface area contributed by atoms with Crippen molar-refractivity contribution in [1.82, 2.24) is 15.1 Å². The van der Waals surface area contributed by atoms with Gasteiger partial charge >= 0.3 is 0 Å². The Labute approximate surface area is 195 Å². The number of nitrogens with two attached hydrogens (primary N) is 1. The fourth-order valence-electron chi connectivity index (χ4n) is 3.50. The summed E-state index contributed by atoms with van der Waals surface area (Å²) in [5, 5.41) is 3.16. The molecule has 1 saturated heterocycles. The molecule has 1 aromatic carbocycles. The number of nitrogens with one attached hydrogen (secondary N) is 1. The second-order valence-corrected chi connectivity index (χ2v) is 7.64. The molecule has 1 heterocycles. The Morgan fingerprint density at radius 2 is 1.94 bits per heavy atom. The first-order valence-corrected chi connectivity index (χ1v) is 10.8. The maximum Gasteiger partial charge on any atom is 0.255 e. The van der Waals surface area contributed by atoms with Crippen LogP contribution in [0, 0.1) is 5.92 Å². The first kappa shape index (κ1) is 27.3. The van der Waals surface area contributed by atoms with E-state index in [9.17, 15) is 9.59 Å². The van der Waals surface area contributed by atoms with Crippen molar-refractivity contribution in [1.29, 1.82) is 0 Å². The van der Waals surface area contributed by atoms with Crippen LogP contribution in [0.4, 0.5) is 5.69 Å². The van der Waals surface area contributed by atoms with E-state index in [1.807, 2.05) is 13.8 Å². The number of hydrogen-bond donors (Lipinski definition) is 2. The number of anilines is 1. The Morgan fingerprint density at radius 3 is 2.52 bits per heavy atom. The van der Waals surface area contributed by atoms with Gasteiger partial charge in [0.1, 0.15) is 5.75 Å². The topological polar surface area (TPSA) is 97.1 Å². The number of carbonyl (C=O) groups excluding carboxylic acids is 2. The van der Waals surface area contributed by atoms with Gasteiger partial charge in [-0.05, 0) is 32.9 Å². The van der Waals surface area contributed by atoms with Gasteiger partial charge in [-0.3, -0.25) is 14.5 Å². The zero-order chi connectivity index (χ0) is 22.1. The number of nitrogen functional groups attached to an aromatic ring is 1. The van der Waals surface area contributed by atoms with Crippen LogP contribution >= 0.6 is 24.0 Å². The third-order valence-electron chi connectivity index (χ3n) is 5.39. The van der Waals surface area contributed by atoms with Crippen LogP contribution in [-0.2, 0) is 9.53 Å². The average Bonchev–Trinajstić information content (AvgIpc) is 2.76. The zero-order valence-electron chi connectivity index (χ0n) is 18.5. The summed E-state index contributed by atoms with van der Waals surface area (Å²) in [6.45, 7) is 9.36. The number of carbonyl (C=O) groups is 2. The van der Waals surface area contributed by atoms with E-state index in [0.717, 1.165) is 19.6 Å². The fraction of sp³-hybridized carbons (Fsp3) is 0.619. The van der Waals surface area contributed by atoms with Gasteiger partial charge in [-0.1, -0.05) is 11.6 Å². The van der Waals surface area contributed by atoms with Crippen molar-refractivity contribution < 1.29 is 19.1 Å². The Bertz CT molecular complexity index is 726. The molecular weight excluding hydrogens is 443 g/mol. The largest absolute Gasteiger partial charge is 0.496 e. The van der Waals surface area contributed by atoms with E-state index in [1.54, 1.807) is 4.90 Å². The molecule has 0 saturated carbocycles. The van der Waals surface area contributed by atoms with Crippen molar-refractivity contribution in [2.75, 3.05) is 65.3 Å². The van der Waals surface area contributed by atoms with Crippen LogP contribution in [-0.4, -0.2) is 81.2 Å². The highest BCUT2D eigenvalue weighted by Crippen LogP contribution is 2.28. The van der Waals surface area contributed by atoms with Gasteiger partial charge in [0.2, 0.25) is 5.91 Å². The third kappa shape index (κ3) is 7.71. The molecule has 2 amide bonds. The number of rotatable bonds is 10. The van der Waals surface area contributed by atoms with Gasteiger partial charge in [-0.25, -0.2) is 0 Å². The molecule has 1 atom stereocenters. The first-order chi connectivity index (χ1) is 14.4. The minimum absolute atomic E-state index is 0. The van der Waals surface area contributed by atoms with Gasteiger partial charge in [0.15, 0.2) is 0 Å². The van der Waals surface area contributed by atoms with Crippen LogP contribution in [0.25, 0.3) is 0 Å². The molecule has 1 fully saturated rings. The van der Waals surface area contributed by atoms with Gasteiger partial charge < -0.3 is 25.4 Å². The first-order valence-electron chi connectivity index (χ1n) is 10.4. The van der Waals surface area contributed by atoms with Crippen molar-refractivity contribution in [3.05, 3.63) is 22.7 Å². The van der Waals surface area contributed by atoms with Crippen molar-refractivity contribution in [3.8, 4) is 5.75 Å². The van der Waals surface area contributed by atoms with Crippen molar-refractivity contribution in [3.63, 3.8) is 0 Å². The maximum atomic E-state index is 13.0. The molecule has 1 aliphatic heterocycles. The summed E-state index contributed by atoms with van der Waals surface area (Å²) in [5.74, 6) is -0.269. The molecule has 0 spiro atoms. The quantitative estimate of drug-likeness (QED) is 0.502. The SMILES string of the molecule is CCN(CC)C(=O)C(CCN1CCOCC1)CNC(=O)c1cc(Cl)c(N)cc1OC.Cl. The van der Waals surface area contributed by atoms with Gasteiger partial charge in [0, 0.05) is 38.8 Å². The molecule has 1 aromatic rings. The number of morpholine rings is 1. The Morgan fingerprint density at radius 1 is 1.29 bits per heavy atom. The molecule has 0 aromatic heterocycles. The van der Waals surface area contributed by atoms with E-state index < -0.39 is 0 Å². The van der Waals surface area contributed by atoms with Gasteiger partial charge in [0.05, 0.1) is 42.5 Å². The lowest BCUT2D eigenvalue weighted by Gasteiger charge is -2.30. The smallest absolute Gasteiger partial charge is 0.255 e. The Hall–Kier alpha value is -1.74. The van der Waals surface area contributed by atoms with Crippen molar-refractivity contribution >= 4 is 41.5 Å². The molecule has 1 unspecified atom stereocenters. The summed E-state index contributed by atoms with van der Waals surface area (Å²) >= 11 is 6.08. The van der Waals surface area contributed by atoms with Crippen LogP contribution in [0.2, 0.25) is 5.02 Å². The molecule has 3 N–H and O–H groups in total. The minimum atomic E-state index is -0.350. The van der Waals surface area contributed by atoms with E-state index in [2.05, 4.69) is 10.2 Å². The summed E-state index contributed by atoms with van der Waals surface area (Å²) in [6.07, 6.45) is 0.662. The van der Waals surface area contributed by atoms with E-state index >= 15 is 0 Å². The van der Waals surface area contributed by atoms with E-state index in [-0.39, 0.29) is 41.7 Å². The molecule has 0 aliphatic carbocycles. The second-order valence-electron chi connectivity index (χ2n) is 7.23. The zero-order valence-corrected chi connectivity index (χ0v) is 20.1. The predicted octanol–water partition coefficient (Wildman–Crippen LogP) is 2.29. The van der Waals surface area contributed by atoms with E-state index in [0.29, 0.717) is 49.7 Å². The lowest BCUT2D eigenvalue weighted by atomic mass is 10.0. The van der Waals surface area contributed by atoms with Crippen molar-refractivity contribution in [2.24, 2.45) is 5.92 Å². The molecule has 0 bridgehead atoms. The van der Waals surface area contributed by atoms with Crippen LogP contribution in [0.15, 0.2) is 12.1 Å². The summed E-state index contributed by atoms with van der Waals surface area (Å²) in [5.41, 5.74) is 6.42. The van der Waals surface area contributed by atoms with E-state index in [4.69, 9.17) is 26.8 Å². The fourth-order valence-corrected chi connectivity index (χ4v) is 3.66. The van der Waals surface area contributed by atoms with Crippen LogP contribution in [0.3, 0.4) is 0 Å². The second kappa shape index (κ2) is 13.6. The number of hydrogen-bond acceptors (Lipinski definition) is 6. The molecule has 176 valence electrons. The number of halogens is 2. The highest BCUT2D eigenvalue weighted by Gasteiger charge is 2.25. The van der Waals surface area contributed by atoms with Gasteiger partial charge in [0.25, 0.3) is 5.91 Å². The number of methoxy groups -OCH3 is 1. The third-order valence-corrected chi connectivity index (χ3v) is 5.72. The maximum absolute atomic E-state index is 13.0.